The summed E-state index contributed by atoms with van der Waals surface area (Å²) in [5.74, 6) is 3.70. The van der Waals surface area contributed by atoms with Gasteiger partial charge in [-0.3, -0.25) is 4.79 Å². The molecule has 0 bridgehead atoms. The van der Waals surface area contributed by atoms with Gasteiger partial charge >= 0.3 is 0 Å². The van der Waals surface area contributed by atoms with E-state index >= 15 is 0 Å². The van der Waals surface area contributed by atoms with Crippen LogP contribution in [0.15, 0.2) is 22.6 Å². The molecular weight excluding hydrogens is 408 g/mol. The summed E-state index contributed by atoms with van der Waals surface area (Å²) in [5.41, 5.74) is 2.57. The maximum atomic E-state index is 13.0. The van der Waals surface area contributed by atoms with Crippen LogP contribution in [0.2, 0.25) is 0 Å². The fourth-order valence-electron chi connectivity index (χ4n) is 4.27. The molecule has 1 aliphatic heterocycles. The molecule has 170 valence electrons. The van der Waals surface area contributed by atoms with Crippen molar-refractivity contribution in [2.45, 2.75) is 40.2 Å². The maximum Gasteiger partial charge on any atom is 0.231 e. The van der Waals surface area contributed by atoms with Crippen LogP contribution < -0.4 is 19.7 Å². The molecule has 0 radical (unpaired) electrons. The first-order valence-corrected chi connectivity index (χ1v) is 10.9. The molecular formula is C24H30N4O4. The molecule has 0 spiro atoms. The first kappa shape index (κ1) is 21.9. The minimum Gasteiger partial charge on any atom is -0.497 e. The second kappa shape index (κ2) is 9.06. The Kier molecular flexibility index (Phi) is 6.21. The molecule has 3 heterocycles. The molecule has 8 heteroatoms. The van der Waals surface area contributed by atoms with E-state index in [-0.39, 0.29) is 11.8 Å². The predicted molar refractivity (Wildman–Crippen MR) is 122 cm³/mol. The zero-order chi connectivity index (χ0) is 22.8. The number of nitrogens with one attached hydrogen (secondary N) is 1. The van der Waals surface area contributed by atoms with Gasteiger partial charge in [-0.1, -0.05) is 0 Å². The first-order valence-electron chi connectivity index (χ1n) is 10.9. The predicted octanol–water partition coefficient (Wildman–Crippen LogP) is 3.70. The van der Waals surface area contributed by atoms with Crippen molar-refractivity contribution in [3.63, 3.8) is 0 Å². The molecule has 1 aromatic carbocycles. The highest BCUT2D eigenvalue weighted by Gasteiger charge is 2.29. The number of hydrogen-bond donors (Lipinski definition) is 1. The van der Waals surface area contributed by atoms with Crippen LogP contribution in [0.25, 0.3) is 11.1 Å². The molecule has 3 aromatic rings. The van der Waals surface area contributed by atoms with Crippen molar-refractivity contribution in [1.29, 1.82) is 0 Å². The summed E-state index contributed by atoms with van der Waals surface area (Å²) >= 11 is 0. The zero-order valence-corrected chi connectivity index (χ0v) is 19.3. The molecule has 1 fully saturated rings. The number of carbonyl (C=O) groups is 1. The van der Waals surface area contributed by atoms with Gasteiger partial charge in [-0.15, -0.1) is 0 Å². The normalized spacial score (nSPS) is 16.3. The standard InChI is InChI=1S/C24H30N4O4/c1-14-15(2)32-24-21(14)22(26-16(3)27-24)28-10-6-7-18(13-28)23(29)25-12-17-8-9-19(30-4)11-20(17)31-5/h8-9,11,18H,6-7,10,12-13H2,1-5H3,(H,25,29)/t18-/m0/s1. The fourth-order valence-corrected chi connectivity index (χ4v) is 4.27. The van der Waals surface area contributed by atoms with Gasteiger partial charge in [0.1, 0.15) is 28.9 Å². The Hall–Kier alpha value is -3.29. The van der Waals surface area contributed by atoms with Crippen molar-refractivity contribution < 1.29 is 18.7 Å². The van der Waals surface area contributed by atoms with E-state index in [0.29, 0.717) is 30.4 Å². The van der Waals surface area contributed by atoms with Gasteiger partial charge in [-0.25, -0.2) is 4.98 Å². The van der Waals surface area contributed by atoms with E-state index in [2.05, 4.69) is 15.2 Å². The highest BCUT2D eigenvalue weighted by Crippen LogP contribution is 2.33. The first-order chi connectivity index (χ1) is 15.4. The summed E-state index contributed by atoms with van der Waals surface area (Å²) in [7, 11) is 3.23. The van der Waals surface area contributed by atoms with E-state index in [1.807, 2.05) is 39.0 Å². The second-order valence-electron chi connectivity index (χ2n) is 8.24. The van der Waals surface area contributed by atoms with Crippen LogP contribution in [0.1, 0.15) is 35.6 Å². The van der Waals surface area contributed by atoms with Gasteiger partial charge in [0.05, 0.1) is 25.5 Å². The largest absolute Gasteiger partial charge is 0.497 e. The molecule has 0 saturated carbocycles. The van der Waals surface area contributed by atoms with Gasteiger partial charge in [0.15, 0.2) is 0 Å². The number of benzene rings is 1. The molecule has 1 atom stereocenters. The third-order valence-corrected chi connectivity index (χ3v) is 6.16. The number of amides is 1. The zero-order valence-electron chi connectivity index (χ0n) is 19.3. The van der Waals surface area contributed by atoms with Gasteiger partial charge in [0.25, 0.3) is 0 Å². The van der Waals surface area contributed by atoms with Crippen LogP contribution in [0, 0.1) is 26.7 Å². The average molecular weight is 439 g/mol. The van der Waals surface area contributed by atoms with Crippen LogP contribution in [0.4, 0.5) is 5.82 Å². The Bertz CT molecular complexity index is 1140. The van der Waals surface area contributed by atoms with E-state index < -0.39 is 0 Å². The fraction of sp³-hybridized carbons (Fsp3) is 0.458. The third kappa shape index (κ3) is 4.22. The smallest absolute Gasteiger partial charge is 0.231 e. The Morgan fingerprint density at radius 1 is 1.22 bits per heavy atom. The monoisotopic (exact) mass is 438 g/mol. The molecule has 2 aromatic heterocycles. The molecule has 8 nitrogen and oxygen atoms in total. The van der Waals surface area contributed by atoms with Gasteiger partial charge in [0.2, 0.25) is 11.6 Å². The molecule has 32 heavy (non-hydrogen) atoms. The van der Waals surface area contributed by atoms with Gasteiger partial charge < -0.3 is 24.1 Å². The Morgan fingerprint density at radius 3 is 2.78 bits per heavy atom. The number of methoxy groups -OCH3 is 2. The number of nitrogens with zero attached hydrogens (tertiary/aromatic N) is 3. The molecule has 0 unspecified atom stereocenters. The van der Waals surface area contributed by atoms with Crippen LogP contribution in [0.5, 0.6) is 11.5 Å². The Balaban J connectivity index is 1.49. The Labute approximate surface area is 187 Å². The SMILES string of the molecule is COc1ccc(CNC(=O)[C@H]2CCCN(c3nc(C)nc4oc(C)c(C)c34)C2)c(OC)c1. The van der Waals surface area contributed by atoms with Crippen molar-refractivity contribution >= 4 is 22.8 Å². The number of hydrogen-bond acceptors (Lipinski definition) is 7. The molecule has 1 saturated heterocycles. The number of rotatable bonds is 6. The number of carbonyl (C=O) groups excluding carboxylic acids is 1. The molecule has 4 rings (SSSR count). The van der Waals surface area contributed by atoms with E-state index in [9.17, 15) is 4.79 Å². The lowest BCUT2D eigenvalue weighted by molar-refractivity contribution is -0.125. The third-order valence-electron chi connectivity index (χ3n) is 6.16. The number of ether oxygens (including phenoxy) is 2. The summed E-state index contributed by atoms with van der Waals surface area (Å²) in [5, 5.41) is 4.02. The minimum absolute atomic E-state index is 0.0367. The summed E-state index contributed by atoms with van der Waals surface area (Å²) < 4.78 is 16.5. The van der Waals surface area contributed by atoms with Crippen LogP contribution >= 0.6 is 0 Å². The average Bonchev–Trinajstić information content (AvgIpc) is 3.09. The maximum absolute atomic E-state index is 13.0. The van der Waals surface area contributed by atoms with Crippen molar-refractivity contribution in [3.05, 3.63) is 40.9 Å². The van der Waals surface area contributed by atoms with Crippen molar-refractivity contribution in [3.8, 4) is 11.5 Å². The number of piperidine rings is 1. The van der Waals surface area contributed by atoms with Crippen LogP contribution in [-0.2, 0) is 11.3 Å². The van der Waals surface area contributed by atoms with E-state index in [0.717, 1.165) is 53.2 Å². The highest BCUT2D eigenvalue weighted by molar-refractivity contribution is 5.90. The second-order valence-corrected chi connectivity index (χ2v) is 8.24. The number of aryl methyl sites for hydroxylation is 3. The van der Waals surface area contributed by atoms with Crippen molar-refractivity contribution in [2.75, 3.05) is 32.2 Å². The molecule has 1 amide bonds. The van der Waals surface area contributed by atoms with E-state index in [4.69, 9.17) is 18.9 Å². The quantitative estimate of drug-likeness (QED) is 0.628. The summed E-state index contributed by atoms with van der Waals surface area (Å²) in [6, 6.07) is 5.60. The molecule has 0 aliphatic carbocycles. The van der Waals surface area contributed by atoms with Gasteiger partial charge in [-0.05, 0) is 45.7 Å². The summed E-state index contributed by atoms with van der Waals surface area (Å²) in [6.45, 7) is 7.70. The number of furan rings is 1. The van der Waals surface area contributed by atoms with Gasteiger partial charge in [-0.2, -0.15) is 4.98 Å². The number of anilines is 1. The van der Waals surface area contributed by atoms with E-state index in [1.54, 1.807) is 14.2 Å². The topological polar surface area (TPSA) is 89.7 Å². The molecule has 1 aliphatic rings. The Morgan fingerprint density at radius 2 is 2.03 bits per heavy atom. The summed E-state index contributed by atoms with van der Waals surface area (Å²) in [6.07, 6.45) is 1.77. The van der Waals surface area contributed by atoms with Crippen LogP contribution in [-0.4, -0.2) is 43.2 Å². The molecule has 1 N–H and O–H groups in total. The highest BCUT2D eigenvalue weighted by atomic mass is 16.5. The summed E-state index contributed by atoms with van der Waals surface area (Å²) in [4.78, 5) is 24.4. The lowest BCUT2D eigenvalue weighted by Crippen LogP contribution is -2.43. The van der Waals surface area contributed by atoms with Crippen molar-refractivity contribution in [2.24, 2.45) is 5.92 Å². The van der Waals surface area contributed by atoms with Gasteiger partial charge in [0, 0.05) is 36.8 Å². The lowest BCUT2D eigenvalue weighted by atomic mass is 9.96. The number of fused-ring (bicyclic) bond motifs is 1. The minimum atomic E-state index is -0.119. The van der Waals surface area contributed by atoms with Crippen LogP contribution in [0.3, 0.4) is 0 Å². The van der Waals surface area contributed by atoms with Crippen molar-refractivity contribution in [1.82, 2.24) is 15.3 Å². The lowest BCUT2D eigenvalue weighted by Gasteiger charge is -2.33. The van der Waals surface area contributed by atoms with E-state index in [1.165, 1.54) is 0 Å². The number of aromatic nitrogens is 2.